The Labute approximate surface area is 186 Å². The molecule has 3 aromatic heterocycles. The zero-order valence-electron chi connectivity index (χ0n) is 18.8. The molecule has 3 aromatic rings. The number of nitrogens with zero attached hydrogens (tertiary/aromatic N) is 6. The number of fused-ring (bicyclic) bond motifs is 1. The Morgan fingerprint density at radius 2 is 2.09 bits per heavy atom. The molecule has 32 heavy (non-hydrogen) atoms. The number of aromatic nitrogens is 5. The van der Waals surface area contributed by atoms with Gasteiger partial charge in [-0.25, -0.2) is 14.1 Å². The van der Waals surface area contributed by atoms with E-state index < -0.39 is 5.82 Å². The van der Waals surface area contributed by atoms with Crippen LogP contribution in [0.15, 0.2) is 18.5 Å². The monoisotopic (exact) mass is 440 g/mol. The minimum atomic E-state index is -0.508. The average Bonchev–Trinajstić information content (AvgIpc) is 3.40. The van der Waals surface area contributed by atoms with E-state index in [9.17, 15) is 4.39 Å². The van der Waals surface area contributed by atoms with Gasteiger partial charge in [-0.2, -0.15) is 10.2 Å². The van der Waals surface area contributed by atoms with Crippen LogP contribution in [0.1, 0.15) is 23.4 Å². The molecule has 1 unspecified atom stereocenters. The number of pyridine rings is 1. The van der Waals surface area contributed by atoms with E-state index in [2.05, 4.69) is 28.5 Å². The molecule has 0 aliphatic carbocycles. The smallest absolute Gasteiger partial charge is 0.250 e. The van der Waals surface area contributed by atoms with E-state index in [-0.39, 0.29) is 5.88 Å². The maximum atomic E-state index is 14.4. The molecule has 1 atom stereocenters. The van der Waals surface area contributed by atoms with Crippen molar-refractivity contribution in [1.82, 2.24) is 29.4 Å². The summed E-state index contributed by atoms with van der Waals surface area (Å²) in [4.78, 5) is 6.47. The molecule has 170 valence electrons. The first-order valence-electron chi connectivity index (χ1n) is 11.1. The van der Waals surface area contributed by atoms with Crippen LogP contribution in [-0.4, -0.2) is 69.9 Å². The number of likely N-dealkylation sites (tertiary alicyclic amines) is 1. The number of hydrogen-bond donors (Lipinski definition) is 0. The fraction of sp³-hybridized carbons (Fsp3) is 0.522. The van der Waals surface area contributed by atoms with Crippen molar-refractivity contribution < 1.29 is 13.9 Å². The van der Waals surface area contributed by atoms with Crippen molar-refractivity contribution in [1.29, 1.82) is 0 Å². The molecule has 2 aliphatic rings. The van der Waals surface area contributed by atoms with Gasteiger partial charge in [0, 0.05) is 42.4 Å². The summed E-state index contributed by atoms with van der Waals surface area (Å²) in [6, 6.07) is 1.42. The summed E-state index contributed by atoms with van der Waals surface area (Å²) >= 11 is 0. The van der Waals surface area contributed by atoms with Crippen LogP contribution in [-0.2, 0) is 24.1 Å². The highest BCUT2D eigenvalue weighted by Crippen LogP contribution is 2.32. The van der Waals surface area contributed by atoms with E-state index in [4.69, 9.17) is 19.7 Å². The van der Waals surface area contributed by atoms with Gasteiger partial charge in [-0.05, 0) is 39.3 Å². The molecule has 0 amide bonds. The van der Waals surface area contributed by atoms with Crippen LogP contribution in [0, 0.1) is 18.7 Å². The SMILES string of the molecule is COc1ncc(-n2nc(-c3cnn(CC4CCN(C)C4)c3C)c3c2CCOCC3)cc1F. The van der Waals surface area contributed by atoms with Gasteiger partial charge in [0.1, 0.15) is 0 Å². The van der Waals surface area contributed by atoms with Crippen LogP contribution < -0.4 is 4.74 Å². The number of ether oxygens (including phenoxy) is 2. The third-order valence-corrected chi connectivity index (χ3v) is 6.58. The molecule has 1 fully saturated rings. The summed E-state index contributed by atoms with van der Waals surface area (Å²) in [5.74, 6) is 0.0827. The van der Waals surface area contributed by atoms with Gasteiger partial charge in [-0.1, -0.05) is 0 Å². The van der Waals surface area contributed by atoms with Crippen molar-refractivity contribution in [2.45, 2.75) is 32.7 Å². The zero-order chi connectivity index (χ0) is 22.2. The lowest BCUT2D eigenvalue weighted by Gasteiger charge is -2.12. The molecule has 1 saturated heterocycles. The van der Waals surface area contributed by atoms with Crippen molar-refractivity contribution in [3.05, 3.63) is 41.2 Å². The number of methoxy groups -OCH3 is 1. The molecule has 0 aromatic carbocycles. The molecule has 2 aliphatic heterocycles. The minimum Gasteiger partial charge on any atom is -0.479 e. The fourth-order valence-corrected chi connectivity index (χ4v) is 4.84. The highest BCUT2D eigenvalue weighted by Gasteiger charge is 2.26. The lowest BCUT2D eigenvalue weighted by Crippen LogP contribution is -2.18. The number of rotatable bonds is 5. The van der Waals surface area contributed by atoms with Crippen molar-refractivity contribution in [3.8, 4) is 22.8 Å². The summed E-state index contributed by atoms with van der Waals surface area (Å²) in [6.07, 6.45) is 6.17. The van der Waals surface area contributed by atoms with E-state index >= 15 is 0 Å². The second-order valence-corrected chi connectivity index (χ2v) is 8.73. The van der Waals surface area contributed by atoms with E-state index in [1.165, 1.54) is 19.6 Å². The van der Waals surface area contributed by atoms with Crippen molar-refractivity contribution in [2.24, 2.45) is 5.92 Å². The van der Waals surface area contributed by atoms with Gasteiger partial charge < -0.3 is 14.4 Å². The van der Waals surface area contributed by atoms with Crippen LogP contribution in [0.25, 0.3) is 16.9 Å². The standard InChI is InChI=1S/C23H29FN6O2/c1-15-19(12-26-29(15)14-16-4-7-28(2)13-16)22-18-5-8-32-9-6-21(18)30(27-22)17-10-20(24)23(31-3)25-11-17/h10-12,16H,4-9,13-14H2,1-3H3. The Bertz CT molecular complexity index is 1120. The van der Waals surface area contributed by atoms with Gasteiger partial charge in [-0.3, -0.25) is 4.68 Å². The van der Waals surface area contributed by atoms with Crippen LogP contribution in [0.3, 0.4) is 0 Å². The van der Waals surface area contributed by atoms with Crippen LogP contribution in [0.4, 0.5) is 4.39 Å². The Hall–Kier alpha value is -2.78. The maximum absolute atomic E-state index is 14.4. The molecule has 0 spiro atoms. The van der Waals surface area contributed by atoms with Gasteiger partial charge in [0.2, 0.25) is 5.88 Å². The molecule has 0 bridgehead atoms. The van der Waals surface area contributed by atoms with E-state index in [1.54, 1.807) is 10.9 Å². The van der Waals surface area contributed by atoms with Crippen LogP contribution in [0.5, 0.6) is 5.88 Å². The first kappa shape index (κ1) is 21.1. The van der Waals surface area contributed by atoms with Crippen molar-refractivity contribution in [3.63, 3.8) is 0 Å². The Kier molecular flexibility index (Phi) is 5.69. The van der Waals surface area contributed by atoms with Crippen molar-refractivity contribution >= 4 is 0 Å². The van der Waals surface area contributed by atoms with E-state index in [0.29, 0.717) is 31.2 Å². The molecule has 9 heteroatoms. The Balaban J connectivity index is 1.54. The normalized spacial score (nSPS) is 19.2. The first-order valence-corrected chi connectivity index (χ1v) is 11.1. The van der Waals surface area contributed by atoms with Crippen LogP contribution in [0.2, 0.25) is 0 Å². The third kappa shape index (κ3) is 3.80. The van der Waals surface area contributed by atoms with E-state index in [1.807, 2.05) is 6.20 Å². The highest BCUT2D eigenvalue weighted by atomic mass is 19.1. The molecule has 0 N–H and O–H groups in total. The minimum absolute atomic E-state index is 0.0229. The first-order chi connectivity index (χ1) is 15.5. The van der Waals surface area contributed by atoms with Gasteiger partial charge in [0.25, 0.3) is 0 Å². The molecule has 8 nitrogen and oxygen atoms in total. The summed E-state index contributed by atoms with van der Waals surface area (Å²) in [5, 5.41) is 9.64. The van der Waals surface area contributed by atoms with E-state index in [0.717, 1.165) is 54.3 Å². The van der Waals surface area contributed by atoms with Crippen LogP contribution >= 0.6 is 0 Å². The molecule has 5 rings (SSSR count). The predicted octanol–water partition coefficient (Wildman–Crippen LogP) is 2.65. The lowest BCUT2D eigenvalue weighted by atomic mass is 10.0. The molecule has 0 radical (unpaired) electrons. The summed E-state index contributed by atoms with van der Waals surface area (Å²) in [6.45, 7) is 6.51. The quantitative estimate of drug-likeness (QED) is 0.608. The molecule has 0 saturated carbocycles. The van der Waals surface area contributed by atoms with Crippen molar-refractivity contribution in [2.75, 3.05) is 40.5 Å². The third-order valence-electron chi connectivity index (χ3n) is 6.58. The fourth-order valence-electron chi connectivity index (χ4n) is 4.84. The second-order valence-electron chi connectivity index (χ2n) is 8.73. The number of halogens is 1. The summed E-state index contributed by atoms with van der Waals surface area (Å²) in [7, 11) is 3.58. The number of hydrogen-bond acceptors (Lipinski definition) is 6. The van der Waals surface area contributed by atoms with Gasteiger partial charge in [-0.15, -0.1) is 0 Å². The Morgan fingerprint density at radius 1 is 1.25 bits per heavy atom. The second kappa shape index (κ2) is 8.63. The largest absolute Gasteiger partial charge is 0.479 e. The molecule has 5 heterocycles. The highest BCUT2D eigenvalue weighted by molar-refractivity contribution is 5.67. The van der Waals surface area contributed by atoms with Gasteiger partial charge >= 0.3 is 0 Å². The Morgan fingerprint density at radius 3 is 2.84 bits per heavy atom. The van der Waals surface area contributed by atoms with Gasteiger partial charge in [0.15, 0.2) is 5.82 Å². The molecular weight excluding hydrogens is 411 g/mol. The van der Waals surface area contributed by atoms with Gasteiger partial charge in [0.05, 0.1) is 49.8 Å². The summed E-state index contributed by atoms with van der Waals surface area (Å²) < 4.78 is 29.0. The maximum Gasteiger partial charge on any atom is 0.250 e. The predicted molar refractivity (Wildman–Crippen MR) is 118 cm³/mol. The topological polar surface area (TPSA) is 70.2 Å². The zero-order valence-corrected chi connectivity index (χ0v) is 18.8. The average molecular weight is 441 g/mol. The lowest BCUT2D eigenvalue weighted by molar-refractivity contribution is 0.145. The summed E-state index contributed by atoms with van der Waals surface area (Å²) in [5.41, 5.74) is 5.78. The molecular formula is C23H29FN6O2.